The maximum Gasteiger partial charge on any atom is 0.339 e. The first kappa shape index (κ1) is 19.8. The van der Waals surface area contributed by atoms with Crippen molar-refractivity contribution in [2.24, 2.45) is 0 Å². The molecular formula is C21H26N4O3. The lowest BCUT2D eigenvalue weighted by atomic mass is 10.2. The van der Waals surface area contributed by atoms with Crippen LogP contribution in [0.15, 0.2) is 42.6 Å². The van der Waals surface area contributed by atoms with Crippen molar-refractivity contribution in [2.45, 2.75) is 13.8 Å². The van der Waals surface area contributed by atoms with Gasteiger partial charge in [0.05, 0.1) is 18.7 Å². The van der Waals surface area contributed by atoms with Crippen molar-refractivity contribution in [3.63, 3.8) is 0 Å². The van der Waals surface area contributed by atoms with Gasteiger partial charge in [0.15, 0.2) is 0 Å². The Balaban J connectivity index is 1.47. The summed E-state index contributed by atoms with van der Waals surface area (Å²) >= 11 is 0. The van der Waals surface area contributed by atoms with Gasteiger partial charge in [0.1, 0.15) is 5.82 Å². The predicted molar refractivity (Wildman–Crippen MR) is 109 cm³/mol. The largest absolute Gasteiger partial charge is 0.462 e. The molecule has 1 aliphatic heterocycles. The minimum absolute atomic E-state index is 0.00535. The molecule has 0 radical (unpaired) electrons. The molecule has 0 bridgehead atoms. The first-order valence-corrected chi connectivity index (χ1v) is 9.52. The maximum atomic E-state index is 12.2. The van der Waals surface area contributed by atoms with Gasteiger partial charge in [0.25, 0.3) is 0 Å². The molecule has 1 aliphatic rings. The number of amides is 1. The fraction of sp³-hybridized carbons (Fsp3) is 0.381. The van der Waals surface area contributed by atoms with Gasteiger partial charge in [-0.25, -0.2) is 9.78 Å². The number of anilines is 2. The highest BCUT2D eigenvalue weighted by Gasteiger charge is 2.20. The van der Waals surface area contributed by atoms with Crippen molar-refractivity contribution in [3.05, 3.63) is 53.7 Å². The molecule has 1 saturated heterocycles. The molecule has 2 aromatic rings. The van der Waals surface area contributed by atoms with E-state index in [1.807, 2.05) is 37.3 Å². The molecule has 148 valence electrons. The van der Waals surface area contributed by atoms with E-state index in [1.165, 1.54) is 0 Å². The lowest BCUT2D eigenvalue weighted by molar-refractivity contribution is -0.117. The average Bonchev–Trinajstić information content (AvgIpc) is 2.71. The van der Waals surface area contributed by atoms with Crippen molar-refractivity contribution < 1.29 is 14.3 Å². The molecule has 0 spiro atoms. The van der Waals surface area contributed by atoms with E-state index in [1.54, 1.807) is 19.2 Å². The average molecular weight is 382 g/mol. The quantitative estimate of drug-likeness (QED) is 0.773. The van der Waals surface area contributed by atoms with E-state index in [0.717, 1.165) is 43.2 Å². The zero-order valence-electron chi connectivity index (χ0n) is 16.4. The summed E-state index contributed by atoms with van der Waals surface area (Å²) < 4.78 is 4.98. The second kappa shape index (κ2) is 9.32. The molecule has 0 atom stereocenters. The molecule has 1 fully saturated rings. The Morgan fingerprint density at radius 1 is 1.07 bits per heavy atom. The Kier molecular flexibility index (Phi) is 6.60. The van der Waals surface area contributed by atoms with Crippen LogP contribution in [0.2, 0.25) is 0 Å². The molecule has 7 nitrogen and oxygen atoms in total. The summed E-state index contributed by atoms with van der Waals surface area (Å²) in [6.07, 6.45) is 1.55. The third-order valence-corrected chi connectivity index (χ3v) is 4.66. The number of rotatable bonds is 6. The lowest BCUT2D eigenvalue weighted by Gasteiger charge is -2.35. The number of nitrogens with one attached hydrogen (secondary N) is 1. The molecule has 7 heteroatoms. The van der Waals surface area contributed by atoms with Gasteiger partial charge in [0.2, 0.25) is 5.91 Å². The lowest BCUT2D eigenvalue weighted by Crippen LogP contribution is -2.48. The summed E-state index contributed by atoms with van der Waals surface area (Å²) in [5.41, 5.74) is 2.44. The van der Waals surface area contributed by atoms with Gasteiger partial charge in [-0.1, -0.05) is 17.7 Å². The third kappa shape index (κ3) is 5.29. The molecule has 2 heterocycles. The SMILES string of the molecule is CCOC(=O)c1ccc(N2CCN(CC(=O)Nc3ccc(C)cc3)CC2)nc1. The number of piperazine rings is 1. The molecule has 0 aliphatic carbocycles. The van der Waals surface area contributed by atoms with Crippen LogP contribution in [0.4, 0.5) is 11.5 Å². The van der Waals surface area contributed by atoms with Crippen molar-refractivity contribution in [2.75, 3.05) is 49.5 Å². The molecular weight excluding hydrogens is 356 g/mol. The summed E-state index contributed by atoms with van der Waals surface area (Å²) in [6, 6.07) is 11.4. The minimum atomic E-state index is -0.356. The van der Waals surface area contributed by atoms with Crippen molar-refractivity contribution in [1.82, 2.24) is 9.88 Å². The molecule has 1 N–H and O–H groups in total. The number of hydrogen-bond acceptors (Lipinski definition) is 6. The van der Waals surface area contributed by atoms with E-state index in [9.17, 15) is 9.59 Å². The van der Waals surface area contributed by atoms with Crippen molar-refractivity contribution in [1.29, 1.82) is 0 Å². The van der Waals surface area contributed by atoms with Crippen molar-refractivity contribution in [3.8, 4) is 0 Å². The highest BCUT2D eigenvalue weighted by molar-refractivity contribution is 5.92. The molecule has 1 aromatic carbocycles. The van der Waals surface area contributed by atoms with Crippen LogP contribution in [-0.4, -0.2) is 61.1 Å². The fourth-order valence-corrected chi connectivity index (χ4v) is 3.08. The summed E-state index contributed by atoms with van der Waals surface area (Å²) in [5.74, 6) is 0.469. The van der Waals surface area contributed by atoms with E-state index >= 15 is 0 Å². The van der Waals surface area contributed by atoms with Gasteiger partial charge in [-0.05, 0) is 38.1 Å². The van der Waals surface area contributed by atoms with Gasteiger partial charge >= 0.3 is 5.97 Å². The number of benzene rings is 1. The molecule has 0 unspecified atom stereocenters. The smallest absolute Gasteiger partial charge is 0.339 e. The number of ether oxygens (including phenoxy) is 1. The zero-order valence-corrected chi connectivity index (χ0v) is 16.4. The third-order valence-electron chi connectivity index (χ3n) is 4.66. The Hall–Kier alpha value is -2.93. The van der Waals surface area contributed by atoms with Crippen LogP contribution in [-0.2, 0) is 9.53 Å². The van der Waals surface area contributed by atoms with E-state index in [4.69, 9.17) is 4.74 Å². The van der Waals surface area contributed by atoms with Gasteiger partial charge in [-0.2, -0.15) is 0 Å². The standard InChI is InChI=1S/C21H26N4O3/c1-3-28-21(27)17-6-9-19(22-14-17)25-12-10-24(11-13-25)15-20(26)23-18-7-4-16(2)5-8-18/h4-9,14H,3,10-13,15H2,1-2H3,(H,23,26). The maximum absolute atomic E-state index is 12.2. The summed E-state index contributed by atoms with van der Waals surface area (Å²) in [5, 5.41) is 2.94. The number of pyridine rings is 1. The van der Waals surface area contributed by atoms with E-state index < -0.39 is 0 Å². The van der Waals surface area contributed by atoms with Crippen LogP contribution >= 0.6 is 0 Å². The highest BCUT2D eigenvalue weighted by atomic mass is 16.5. The molecule has 28 heavy (non-hydrogen) atoms. The zero-order chi connectivity index (χ0) is 19.9. The second-order valence-electron chi connectivity index (χ2n) is 6.80. The van der Waals surface area contributed by atoms with Crippen molar-refractivity contribution >= 4 is 23.4 Å². The molecule has 3 rings (SSSR count). The first-order chi connectivity index (χ1) is 13.5. The number of nitrogens with zero attached hydrogens (tertiary/aromatic N) is 3. The van der Waals surface area contributed by atoms with Gasteiger partial charge < -0.3 is 15.0 Å². The fourth-order valence-electron chi connectivity index (χ4n) is 3.08. The number of aromatic nitrogens is 1. The summed E-state index contributed by atoms with van der Waals surface area (Å²) in [6.45, 7) is 7.64. The van der Waals surface area contributed by atoms with Gasteiger partial charge in [-0.15, -0.1) is 0 Å². The van der Waals surface area contributed by atoms with Crippen LogP contribution in [0.3, 0.4) is 0 Å². The second-order valence-corrected chi connectivity index (χ2v) is 6.80. The van der Waals surface area contributed by atoms with E-state index in [0.29, 0.717) is 18.7 Å². The Bertz CT molecular complexity index is 797. The van der Waals surface area contributed by atoms with Crippen LogP contribution in [0, 0.1) is 6.92 Å². The first-order valence-electron chi connectivity index (χ1n) is 9.52. The number of esters is 1. The van der Waals surface area contributed by atoms with Gasteiger partial charge in [-0.3, -0.25) is 9.69 Å². The molecule has 1 aromatic heterocycles. The van der Waals surface area contributed by atoms with E-state index in [2.05, 4.69) is 20.1 Å². The van der Waals surface area contributed by atoms with Crippen LogP contribution < -0.4 is 10.2 Å². The number of hydrogen-bond donors (Lipinski definition) is 1. The summed E-state index contributed by atoms with van der Waals surface area (Å²) in [4.78, 5) is 32.6. The molecule has 1 amide bonds. The van der Waals surface area contributed by atoms with Crippen LogP contribution in [0.5, 0.6) is 0 Å². The Morgan fingerprint density at radius 3 is 2.39 bits per heavy atom. The predicted octanol–water partition coefficient (Wildman–Crippen LogP) is 2.33. The normalized spacial score (nSPS) is 14.6. The monoisotopic (exact) mass is 382 g/mol. The topological polar surface area (TPSA) is 74.8 Å². The Morgan fingerprint density at radius 2 is 1.79 bits per heavy atom. The van der Waals surface area contributed by atoms with Gasteiger partial charge in [0, 0.05) is 38.1 Å². The van der Waals surface area contributed by atoms with Crippen LogP contribution in [0.1, 0.15) is 22.8 Å². The number of carbonyl (C=O) groups excluding carboxylic acids is 2. The summed E-state index contributed by atoms with van der Waals surface area (Å²) in [7, 11) is 0. The number of carbonyl (C=O) groups is 2. The Labute approximate surface area is 165 Å². The number of aryl methyl sites for hydroxylation is 1. The van der Waals surface area contributed by atoms with Crippen LogP contribution in [0.25, 0.3) is 0 Å². The van der Waals surface area contributed by atoms with E-state index in [-0.39, 0.29) is 11.9 Å². The highest BCUT2D eigenvalue weighted by Crippen LogP contribution is 2.15. The minimum Gasteiger partial charge on any atom is -0.462 e. The molecule has 0 saturated carbocycles.